The molecule has 3 aromatic carbocycles. The van der Waals surface area contributed by atoms with Gasteiger partial charge in [0.1, 0.15) is 17.4 Å². The van der Waals surface area contributed by atoms with Crippen LogP contribution in [0.2, 0.25) is 0 Å². The molecule has 1 heterocycles. The molecule has 1 N–H and O–H groups in total. The first-order valence-corrected chi connectivity index (χ1v) is 7.64. The molecule has 0 saturated carbocycles. The lowest BCUT2D eigenvalue weighted by Gasteiger charge is -2.14. The van der Waals surface area contributed by atoms with E-state index in [9.17, 15) is 5.11 Å². The molecule has 0 aliphatic rings. The molecule has 0 fully saturated rings. The molecule has 2 nitrogen and oxygen atoms in total. The summed E-state index contributed by atoms with van der Waals surface area (Å²) in [6.45, 7) is 0. The van der Waals surface area contributed by atoms with E-state index < -0.39 is 6.10 Å². The fraction of sp³-hybridized carbons (Fsp3) is 0.0476. The Labute approximate surface area is 134 Å². The van der Waals surface area contributed by atoms with Gasteiger partial charge in [-0.1, -0.05) is 72.8 Å². The van der Waals surface area contributed by atoms with E-state index in [4.69, 9.17) is 4.42 Å². The van der Waals surface area contributed by atoms with Gasteiger partial charge in [0, 0.05) is 5.39 Å². The van der Waals surface area contributed by atoms with Crippen LogP contribution in [0.3, 0.4) is 0 Å². The van der Waals surface area contributed by atoms with Crippen molar-refractivity contribution in [2.45, 2.75) is 6.10 Å². The van der Waals surface area contributed by atoms with Crippen molar-refractivity contribution >= 4 is 11.0 Å². The van der Waals surface area contributed by atoms with Crippen molar-refractivity contribution in [3.63, 3.8) is 0 Å². The normalized spacial score (nSPS) is 12.4. The van der Waals surface area contributed by atoms with Crippen LogP contribution < -0.4 is 0 Å². The van der Waals surface area contributed by atoms with Gasteiger partial charge in [-0.2, -0.15) is 0 Å². The Morgan fingerprint density at radius 2 is 1.43 bits per heavy atom. The molecule has 0 spiro atoms. The molecular formula is C21H16O2. The topological polar surface area (TPSA) is 33.4 Å². The molecule has 1 aromatic heterocycles. The van der Waals surface area contributed by atoms with E-state index in [-0.39, 0.29) is 0 Å². The second kappa shape index (κ2) is 5.75. The third-order valence-electron chi connectivity index (χ3n) is 4.05. The summed E-state index contributed by atoms with van der Waals surface area (Å²) < 4.78 is 5.83. The first-order valence-electron chi connectivity index (χ1n) is 7.64. The highest BCUT2D eigenvalue weighted by Crippen LogP contribution is 2.34. The number of rotatable bonds is 3. The van der Waals surface area contributed by atoms with Gasteiger partial charge in [-0.3, -0.25) is 0 Å². The molecule has 1 unspecified atom stereocenters. The van der Waals surface area contributed by atoms with Gasteiger partial charge in [0.05, 0.1) is 0 Å². The standard InChI is InChI=1S/C21H16O2/c22-21(20-14-16-10-4-7-13-19(16)23-20)18-12-6-5-11-17(18)15-8-2-1-3-9-15/h1-14,21-22H. The van der Waals surface area contributed by atoms with Crippen molar-refractivity contribution in [1.29, 1.82) is 0 Å². The van der Waals surface area contributed by atoms with E-state index in [0.717, 1.165) is 27.7 Å². The lowest BCUT2D eigenvalue weighted by Crippen LogP contribution is -2.00. The van der Waals surface area contributed by atoms with Gasteiger partial charge in [0.2, 0.25) is 0 Å². The molecular weight excluding hydrogens is 284 g/mol. The van der Waals surface area contributed by atoms with Crippen LogP contribution in [0.5, 0.6) is 0 Å². The fourth-order valence-electron chi connectivity index (χ4n) is 2.91. The highest BCUT2D eigenvalue weighted by atomic mass is 16.4. The quantitative estimate of drug-likeness (QED) is 0.565. The molecule has 0 radical (unpaired) electrons. The maximum atomic E-state index is 10.8. The van der Waals surface area contributed by atoms with Crippen molar-refractivity contribution in [1.82, 2.24) is 0 Å². The highest BCUT2D eigenvalue weighted by molar-refractivity contribution is 5.78. The number of hydrogen-bond donors (Lipinski definition) is 1. The molecule has 4 aromatic rings. The van der Waals surface area contributed by atoms with Gasteiger partial charge in [0.25, 0.3) is 0 Å². The number of benzene rings is 3. The van der Waals surface area contributed by atoms with E-state index in [1.807, 2.05) is 84.9 Å². The molecule has 0 amide bonds. The maximum Gasteiger partial charge on any atom is 0.138 e. The van der Waals surface area contributed by atoms with Crippen molar-refractivity contribution in [2.75, 3.05) is 0 Å². The average molecular weight is 300 g/mol. The van der Waals surface area contributed by atoms with Crippen LogP contribution in [0, 0.1) is 0 Å². The summed E-state index contributed by atoms with van der Waals surface area (Å²) in [6.07, 6.45) is -0.793. The minimum absolute atomic E-state index is 0.564. The lowest BCUT2D eigenvalue weighted by molar-refractivity contribution is 0.193. The van der Waals surface area contributed by atoms with Crippen LogP contribution in [-0.4, -0.2) is 5.11 Å². The van der Waals surface area contributed by atoms with Crippen LogP contribution >= 0.6 is 0 Å². The summed E-state index contributed by atoms with van der Waals surface area (Å²) in [4.78, 5) is 0. The second-order valence-electron chi connectivity index (χ2n) is 5.54. The molecule has 2 heteroatoms. The van der Waals surface area contributed by atoms with Crippen LogP contribution in [0.25, 0.3) is 22.1 Å². The Morgan fingerprint density at radius 1 is 0.739 bits per heavy atom. The Bertz CT molecular complexity index is 905. The van der Waals surface area contributed by atoms with E-state index in [1.54, 1.807) is 0 Å². The summed E-state index contributed by atoms with van der Waals surface area (Å²) >= 11 is 0. The predicted molar refractivity (Wildman–Crippen MR) is 92.2 cm³/mol. The fourth-order valence-corrected chi connectivity index (χ4v) is 2.91. The van der Waals surface area contributed by atoms with E-state index >= 15 is 0 Å². The average Bonchev–Trinajstić information content (AvgIpc) is 3.06. The van der Waals surface area contributed by atoms with E-state index in [2.05, 4.69) is 0 Å². The molecule has 112 valence electrons. The van der Waals surface area contributed by atoms with Gasteiger partial charge in [0.15, 0.2) is 0 Å². The minimum atomic E-state index is -0.793. The van der Waals surface area contributed by atoms with Gasteiger partial charge in [-0.05, 0) is 28.8 Å². The number of para-hydroxylation sites is 1. The van der Waals surface area contributed by atoms with Gasteiger partial charge >= 0.3 is 0 Å². The number of hydrogen-bond acceptors (Lipinski definition) is 2. The Kier molecular flexibility index (Phi) is 3.45. The van der Waals surface area contributed by atoms with Crippen LogP contribution in [0.1, 0.15) is 17.4 Å². The van der Waals surface area contributed by atoms with E-state index in [0.29, 0.717) is 5.76 Å². The van der Waals surface area contributed by atoms with E-state index in [1.165, 1.54) is 0 Å². The molecule has 0 aliphatic heterocycles. The lowest BCUT2D eigenvalue weighted by atomic mass is 9.95. The number of fused-ring (bicyclic) bond motifs is 1. The summed E-state index contributed by atoms with van der Waals surface area (Å²) in [7, 11) is 0. The Hall–Kier alpha value is -2.84. The first kappa shape index (κ1) is 13.8. The third kappa shape index (κ3) is 2.54. The second-order valence-corrected chi connectivity index (χ2v) is 5.54. The van der Waals surface area contributed by atoms with Gasteiger partial charge in [-0.25, -0.2) is 0 Å². The smallest absolute Gasteiger partial charge is 0.138 e. The number of aliphatic hydroxyl groups is 1. The number of aliphatic hydroxyl groups excluding tert-OH is 1. The summed E-state index contributed by atoms with van der Waals surface area (Å²) in [6, 6.07) is 27.7. The zero-order valence-electron chi connectivity index (χ0n) is 12.5. The first-order chi connectivity index (χ1) is 11.3. The zero-order chi connectivity index (χ0) is 15.6. The Morgan fingerprint density at radius 3 is 2.26 bits per heavy atom. The third-order valence-corrected chi connectivity index (χ3v) is 4.05. The molecule has 4 rings (SSSR count). The molecule has 0 aliphatic carbocycles. The summed E-state index contributed by atoms with van der Waals surface area (Å²) in [5.41, 5.74) is 3.73. The summed E-state index contributed by atoms with van der Waals surface area (Å²) in [5, 5.41) is 11.8. The van der Waals surface area contributed by atoms with Gasteiger partial charge < -0.3 is 9.52 Å². The number of furan rings is 1. The largest absolute Gasteiger partial charge is 0.458 e. The van der Waals surface area contributed by atoms with Crippen molar-refractivity contribution in [2.24, 2.45) is 0 Å². The molecule has 0 bridgehead atoms. The Balaban J connectivity index is 1.81. The van der Waals surface area contributed by atoms with Crippen LogP contribution in [-0.2, 0) is 0 Å². The molecule has 23 heavy (non-hydrogen) atoms. The monoisotopic (exact) mass is 300 g/mol. The zero-order valence-corrected chi connectivity index (χ0v) is 12.5. The van der Waals surface area contributed by atoms with Crippen LogP contribution in [0.4, 0.5) is 0 Å². The minimum Gasteiger partial charge on any atom is -0.458 e. The van der Waals surface area contributed by atoms with Gasteiger partial charge in [-0.15, -0.1) is 0 Å². The van der Waals surface area contributed by atoms with Crippen LogP contribution in [0.15, 0.2) is 89.3 Å². The van der Waals surface area contributed by atoms with Crippen molar-refractivity contribution < 1.29 is 9.52 Å². The SMILES string of the molecule is OC(c1cc2ccccc2o1)c1ccccc1-c1ccccc1. The molecule has 1 atom stereocenters. The molecule has 0 saturated heterocycles. The maximum absolute atomic E-state index is 10.8. The summed E-state index contributed by atoms with van der Waals surface area (Å²) in [5.74, 6) is 0.564. The predicted octanol–water partition coefficient (Wildman–Crippen LogP) is 5.18. The van der Waals surface area contributed by atoms with Crippen molar-refractivity contribution in [3.05, 3.63) is 96.3 Å². The van der Waals surface area contributed by atoms with Crippen molar-refractivity contribution in [3.8, 4) is 11.1 Å². The highest BCUT2D eigenvalue weighted by Gasteiger charge is 2.19.